The number of halogens is 2. The second-order valence-electron chi connectivity index (χ2n) is 10.4. The lowest BCUT2D eigenvalue weighted by Crippen LogP contribution is -2.38. The average Bonchev–Trinajstić information content (AvgIpc) is 3.72. The SMILES string of the molecule is O=c1c(-c2ccc3nn(CCN4CCOCC4)cc3c2)nc2cnc(NC3CC3)nc2n1-c1ccc(OC(F)F)cc1. The predicted octanol–water partition coefficient (Wildman–Crippen LogP) is 3.70. The second-order valence-corrected chi connectivity index (χ2v) is 10.4. The summed E-state index contributed by atoms with van der Waals surface area (Å²) in [7, 11) is 0. The summed E-state index contributed by atoms with van der Waals surface area (Å²) in [5.41, 5.74) is 2.40. The summed E-state index contributed by atoms with van der Waals surface area (Å²) >= 11 is 0. The smallest absolute Gasteiger partial charge is 0.387 e. The van der Waals surface area contributed by atoms with Gasteiger partial charge in [0.05, 0.1) is 37.2 Å². The van der Waals surface area contributed by atoms with Crippen LogP contribution in [0.1, 0.15) is 12.8 Å². The number of hydrogen-bond donors (Lipinski definition) is 1. The Labute approximate surface area is 238 Å². The van der Waals surface area contributed by atoms with Crippen LogP contribution in [-0.2, 0) is 11.3 Å². The molecule has 3 aromatic heterocycles. The van der Waals surface area contributed by atoms with Crippen molar-refractivity contribution in [3.8, 4) is 22.7 Å². The minimum absolute atomic E-state index is 0.0119. The van der Waals surface area contributed by atoms with Gasteiger partial charge in [0, 0.05) is 42.8 Å². The van der Waals surface area contributed by atoms with Gasteiger partial charge < -0.3 is 14.8 Å². The number of benzene rings is 2. The highest BCUT2D eigenvalue weighted by molar-refractivity contribution is 5.85. The molecule has 1 saturated heterocycles. The van der Waals surface area contributed by atoms with Gasteiger partial charge in [0.2, 0.25) is 5.95 Å². The molecule has 5 aromatic rings. The van der Waals surface area contributed by atoms with Gasteiger partial charge in [0.1, 0.15) is 17.0 Å². The van der Waals surface area contributed by atoms with Crippen LogP contribution in [0.25, 0.3) is 39.0 Å². The van der Waals surface area contributed by atoms with Crippen LogP contribution in [0.2, 0.25) is 0 Å². The quantitative estimate of drug-likeness (QED) is 0.282. The van der Waals surface area contributed by atoms with Crippen LogP contribution >= 0.6 is 0 Å². The first kappa shape index (κ1) is 26.4. The van der Waals surface area contributed by atoms with Crippen LogP contribution in [0.15, 0.2) is 59.7 Å². The van der Waals surface area contributed by atoms with Gasteiger partial charge >= 0.3 is 6.61 Å². The number of aromatic nitrogens is 6. The Bertz CT molecular complexity index is 1800. The molecule has 1 N–H and O–H groups in total. The van der Waals surface area contributed by atoms with Crippen molar-refractivity contribution in [2.75, 3.05) is 38.2 Å². The maximum absolute atomic E-state index is 14.0. The van der Waals surface area contributed by atoms with E-state index < -0.39 is 12.2 Å². The third kappa shape index (κ3) is 5.52. The summed E-state index contributed by atoms with van der Waals surface area (Å²) in [6.07, 6.45) is 5.62. The fraction of sp³-hybridized carbons (Fsp3) is 0.345. The molecule has 7 rings (SSSR count). The number of anilines is 1. The predicted molar refractivity (Wildman–Crippen MR) is 152 cm³/mol. The van der Waals surface area contributed by atoms with Crippen LogP contribution in [-0.4, -0.2) is 79.7 Å². The lowest BCUT2D eigenvalue weighted by Gasteiger charge is -2.26. The van der Waals surface area contributed by atoms with E-state index in [1.54, 1.807) is 18.3 Å². The van der Waals surface area contributed by atoms with E-state index >= 15 is 0 Å². The Morgan fingerprint density at radius 3 is 2.60 bits per heavy atom. The Morgan fingerprint density at radius 1 is 1.02 bits per heavy atom. The van der Waals surface area contributed by atoms with E-state index in [0.29, 0.717) is 34.4 Å². The largest absolute Gasteiger partial charge is 0.435 e. The van der Waals surface area contributed by atoms with E-state index in [1.165, 1.54) is 16.7 Å². The van der Waals surface area contributed by atoms with Crippen molar-refractivity contribution in [1.82, 2.24) is 34.2 Å². The molecule has 216 valence electrons. The summed E-state index contributed by atoms with van der Waals surface area (Å²) in [6, 6.07) is 11.8. The molecular formula is C29H28F2N8O3. The Balaban J connectivity index is 1.27. The number of fused-ring (bicyclic) bond motifs is 2. The number of alkyl halides is 2. The number of ether oxygens (including phenoxy) is 2. The second kappa shape index (κ2) is 11.1. The summed E-state index contributed by atoms with van der Waals surface area (Å²) in [5.74, 6) is 0.387. The molecule has 0 atom stereocenters. The first-order valence-corrected chi connectivity index (χ1v) is 13.9. The highest BCUT2D eigenvalue weighted by atomic mass is 19.3. The van der Waals surface area contributed by atoms with Crippen LogP contribution in [0.4, 0.5) is 14.7 Å². The molecule has 0 bridgehead atoms. The number of nitrogens with one attached hydrogen (secondary N) is 1. The van der Waals surface area contributed by atoms with Crippen molar-refractivity contribution in [2.24, 2.45) is 0 Å². The van der Waals surface area contributed by atoms with Crippen molar-refractivity contribution in [3.05, 3.63) is 65.2 Å². The molecule has 1 aliphatic carbocycles. The van der Waals surface area contributed by atoms with Gasteiger partial charge in [0.25, 0.3) is 5.56 Å². The van der Waals surface area contributed by atoms with Crippen molar-refractivity contribution in [3.63, 3.8) is 0 Å². The number of nitrogens with zero attached hydrogens (tertiary/aromatic N) is 7. The lowest BCUT2D eigenvalue weighted by molar-refractivity contribution is -0.0498. The van der Waals surface area contributed by atoms with Crippen molar-refractivity contribution < 1.29 is 18.3 Å². The van der Waals surface area contributed by atoms with E-state index in [9.17, 15) is 13.6 Å². The van der Waals surface area contributed by atoms with E-state index in [2.05, 4.69) is 29.9 Å². The zero-order chi connectivity index (χ0) is 28.6. The molecule has 4 heterocycles. The number of rotatable bonds is 9. The van der Waals surface area contributed by atoms with Gasteiger partial charge in [-0.05, 0) is 49.2 Å². The summed E-state index contributed by atoms with van der Waals surface area (Å²) in [4.78, 5) is 30.1. The maximum Gasteiger partial charge on any atom is 0.387 e. The lowest BCUT2D eigenvalue weighted by atomic mass is 10.1. The molecule has 13 heteroatoms. The normalized spacial score (nSPS) is 16.0. The average molecular weight is 575 g/mol. The van der Waals surface area contributed by atoms with Crippen LogP contribution in [0.3, 0.4) is 0 Å². The van der Waals surface area contributed by atoms with Crippen LogP contribution in [0, 0.1) is 0 Å². The molecule has 11 nitrogen and oxygen atoms in total. The molecule has 2 fully saturated rings. The molecule has 0 amide bonds. The maximum atomic E-state index is 14.0. The van der Waals surface area contributed by atoms with Gasteiger partial charge in [-0.3, -0.25) is 18.9 Å². The van der Waals surface area contributed by atoms with Crippen molar-refractivity contribution >= 4 is 28.0 Å². The summed E-state index contributed by atoms with van der Waals surface area (Å²) in [6.45, 7) is 1.98. The standard InChI is InChI=1S/C29H28F2N8O3/c30-28(31)42-22-6-4-21(5-7-22)39-26-24(16-32-29(35-26)33-20-2-3-20)34-25(27(39)40)18-1-8-23-19(15-18)17-38(36-23)10-9-37-11-13-41-14-12-37/h1,4-8,15-17,20,28H,2-3,9-14H2,(H,32,33,35). The van der Waals surface area contributed by atoms with Crippen molar-refractivity contribution in [1.29, 1.82) is 0 Å². The topological polar surface area (TPSA) is 112 Å². The molecule has 0 radical (unpaired) electrons. The van der Waals surface area contributed by atoms with Gasteiger partial charge in [-0.2, -0.15) is 18.9 Å². The molecule has 0 unspecified atom stereocenters. The van der Waals surface area contributed by atoms with Crippen LogP contribution < -0.4 is 15.6 Å². The van der Waals surface area contributed by atoms with Gasteiger partial charge in [0.15, 0.2) is 5.65 Å². The van der Waals surface area contributed by atoms with Gasteiger partial charge in [-0.15, -0.1) is 0 Å². The summed E-state index contributed by atoms with van der Waals surface area (Å²) < 4.78 is 38.7. The first-order chi connectivity index (χ1) is 20.5. The monoisotopic (exact) mass is 574 g/mol. The highest BCUT2D eigenvalue weighted by Gasteiger charge is 2.23. The Kier molecular flexibility index (Phi) is 6.96. The molecular weight excluding hydrogens is 546 g/mol. The summed E-state index contributed by atoms with van der Waals surface area (Å²) in [5, 5.41) is 8.83. The van der Waals surface area contributed by atoms with Crippen molar-refractivity contribution in [2.45, 2.75) is 32.0 Å². The molecule has 42 heavy (non-hydrogen) atoms. The Morgan fingerprint density at radius 2 is 1.83 bits per heavy atom. The zero-order valence-electron chi connectivity index (χ0n) is 22.6. The van der Waals surface area contributed by atoms with Crippen LogP contribution in [0.5, 0.6) is 5.75 Å². The Hall–Kier alpha value is -4.49. The van der Waals surface area contributed by atoms with E-state index in [1.807, 2.05) is 29.1 Å². The van der Waals surface area contributed by atoms with Gasteiger partial charge in [-0.1, -0.05) is 6.07 Å². The molecule has 1 aliphatic heterocycles. The molecule has 2 aromatic carbocycles. The number of morpholine rings is 1. The molecule has 2 aliphatic rings. The zero-order valence-corrected chi connectivity index (χ0v) is 22.6. The fourth-order valence-electron chi connectivity index (χ4n) is 5.07. The third-order valence-electron chi connectivity index (χ3n) is 7.40. The number of hydrogen-bond acceptors (Lipinski definition) is 9. The van der Waals surface area contributed by atoms with E-state index in [0.717, 1.165) is 63.1 Å². The van der Waals surface area contributed by atoms with Gasteiger partial charge in [-0.25, -0.2) is 9.97 Å². The van der Waals surface area contributed by atoms with E-state index in [4.69, 9.17) is 9.84 Å². The minimum Gasteiger partial charge on any atom is -0.435 e. The molecule has 0 spiro atoms. The molecule has 1 saturated carbocycles. The minimum atomic E-state index is -2.95. The highest BCUT2D eigenvalue weighted by Crippen LogP contribution is 2.26. The fourth-order valence-corrected chi connectivity index (χ4v) is 5.07. The third-order valence-corrected chi connectivity index (χ3v) is 7.40. The first-order valence-electron chi connectivity index (χ1n) is 13.9. The van der Waals surface area contributed by atoms with E-state index in [-0.39, 0.29) is 11.4 Å².